The lowest BCUT2D eigenvalue weighted by Crippen LogP contribution is -2.28. The first-order valence-corrected chi connectivity index (χ1v) is 6.17. The fourth-order valence-corrected chi connectivity index (χ4v) is 2.56. The molecule has 3 rings (SSSR count). The molecule has 2 N–H and O–H groups in total. The maximum atomic E-state index is 6.00. The van der Waals surface area contributed by atoms with Gasteiger partial charge in [0.05, 0.1) is 6.20 Å². The number of nitrogens with zero attached hydrogens (tertiary/aromatic N) is 1. The monoisotopic (exact) mass is 247 g/mol. The predicted molar refractivity (Wildman–Crippen MR) is 68.1 cm³/mol. The van der Waals surface area contributed by atoms with E-state index < -0.39 is 0 Å². The number of hydrogen-bond acceptors (Lipinski definition) is 2. The van der Waals surface area contributed by atoms with Crippen molar-refractivity contribution in [3.05, 3.63) is 52.3 Å². The summed E-state index contributed by atoms with van der Waals surface area (Å²) in [6.45, 7) is 0.864. The molecule has 1 unspecified atom stereocenters. The lowest BCUT2D eigenvalue weighted by molar-refractivity contribution is 0.533. The molecular formula is C13H14ClN3. The number of halogens is 1. The molecule has 2 aromatic rings. The molecule has 3 nitrogen and oxygen atoms in total. The molecule has 1 aliphatic carbocycles. The Morgan fingerprint density at radius 1 is 1.35 bits per heavy atom. The van der Waals surface area contributed by atoms with E-state index in [2.05, 4.69) is 27.6 Å². The van der Waals surface area contributed by atoms with Crippen molar-refractivity contribution in [3.8, 4) is 0 Å². The zero-order chi connectivity index (χ0) is 11.7. The van der Waals surface area contributed by atoms with Crippen LogP contribution in [0.1, 0.15) is 16.7 Å². The summed E-state index contributed by atoms with van der Waals surface area (Å²) in [6.07, 6.45) is 5.93. The van der Waals surface area contributed by atoms with Crippen LogP contribution in [-0.2, 0) is 19.4 Å². The first kappa shape index (κ1) is 10.8. The molecule has 0 amide bonds. The smallest absolute Gasteiger partial charge is 0.0532 e. The summed E-state index contributed by atoms with van der Waals surface area (Å²) in [4.78, 5) is 0. The SMILES string of the molecule is Clc1ccc2c(c1)CC(NCc1cn[nH]c1)C2. The molecule has 1 heterocycles. The van der Waals surface area contributed by atoms with Gasteiger partial charge >= 0.3 is 0 Å². The van der Waals surface area contributed by atoms with Gasteiger partial charge in [-0.25, -0.2) is 0 Å². The summed E-state index contributed by atoms with van der Waals surface area (Å²) in [5, 5.41) is 11.1. The van der Waals surface area contributed by atoms with Gasteiger partial charge in [-0.3, -0.25) is 5.10 Å². The van der Waals surface area contributed by atoms with Gasteiger partial charge in [0, 0.05) is 29.4 Å². The second-order valence-electron chi connectivity index (χ2n) is 4.51. The molecule has 4 heteroatoms. The Morgan fingerprint density at radius 2 is 2.24 bits per heavy atom. The van der Waals surface area contributed by atoms with Crippen molar-refractivity contribution in [2.75, 3.05) is 0 Å². The average molecular weight is 248 g/mol. The third-order valence-electron chi connectivity index (χ3n) is 3.25. The molecule has 1 aromatic carbocycles. The highest BCUT2D eigenvalue weighted by Gasteiger charge is 2.20. The molecule has 1 aliphatic rings. The molecule has 0 radical (unpaired) electrons. The molecule has 0 saturated heterocycles. The quantitative estimate of drug-likeness (QED) is 0.874. The van der Waals surface area contributed by atoms with Crippen LogP contribution in [0.3, 0.4) is 0 Å². The maximum Gasteiger partial charge on any atom is 0.0532 e. The maximum absolute atomic E-state index is 6.00. The van der Waals surface area contributed by atoms with Crippen molar-refractivity contribution >= 4 is 11.6 Å². The molecule has 0 spiro atoms. The van der Waals surface area contributed by atoms with Gasteiger partial charge in [-0.05, 0) is 36.1 Å². The van der Waals surface area contributed by atoms with Crippen molar-refractivity contribution in [1.82, 2.24) is 15.5 Å². The largest absolute Gasteiger partial charge is 0.309 e. The Hall–Kier alpha value is -1.32. The van der Waals surface area contributed by atoms with Crippen molar-refractivity contribution < 1.29 is 0 Å². The standard InChI is InChI=1S/C13H14ClN3/c14-12-2-1-10-4-13(5-11(10)3-12)15-6-9-7-16-17-8-9/h1-3,7-8,13,15H,4-6H2,(H,16,17). The number of aromatic nitrogens is 2. The molecule has 17 heavy (non-hydrogen) atoms. The van der Waals surface area contributed by atoms with E-state index in [0.717, 1.165) is 24.4 Å². The zero-order valence-corrected chi connectivity index (χ0v) is 10.2. The number of H-pyrrole nitrogens is 1. The van der Waals surface area contributed by atoms with Crippen LogP contribution in [0.15, 0.2) is 30.6 Å². The highest BCUT2D eigenvalue weighted by atomic mass is 35.5. The van der Waals surface area contributed by atoms with Gasteiger partial charge in [0.2, 0.25) is 0 Å². The molecule has 1 aromatic heterocycles. The van der Waals surface area contributed by atoms with Crippen LogP contribution in [0.25, 0.3) is 0 Å². The lowest BCUT2D eigenvalue weighted by Gasteiger charge is -2.10. The second-order valence-corrected chi connectivity index (χ2v) is 4.94. The van der Waals surface area contributed by atoms with Gasteiger partial charge in [-0.15, -0.1) is 0 Å². The molecule has 0 saturated carbocycles. The molecule has 0 bridgehead atoms. The molecular weight excluding hydrogens is 234 g/mol. The van der Waals surface area contributed by atoms with E-state index >= 15 is 0 Å². The Balaban J connectivity index is 1.62. The Kier molecular flexibility index (Phi) is 2.87. The van der Waals surface area contributed by atoms with Crippen molar-refractivity contribution in [2.24, 2.45) is 0 Å². The molecule has 88 valence electrons. The summed E-state index contributed by atoms with van der Waals surface area (Å²) in [5.41, 5.74) is 3.99. The van der Waals surface area contributed by atoms with Gasteiger partial charge < -0.3 is 5.32 Å². The van der Waals surface area contributed by atoms with Gasteiger partial charge in [0.15, 0.2) is 0 Å². The predicted octanol–water partition coefficient (Wildman–Crippen LogP) is 2.32. The van der Waals surface area contributed by atoms with E-state index in [1.54, 1.807) is 0 Å². The topological polar surface area (TPSA) is 40.7 Å². The number of benzene rings is 1. The van der Waals surface area contributed by atoms with Gasteiger partial charge in [0.25, 0.3) is 0 Å². The van der Waals surface area contributed by atoms with Gasteiger partial charge in [-0.1, -0.05) is 17.7 Å². The molecule has 0 aliphatic heterocycles. The third kappa shape index (κ3) is 2.35. The average Bonchev–Trinajstić information content (AvgIpc) is 2.94. The minimum atomic E-state index is 0.512. The highest BCUT2D eigenvalue weighted by Crippen LogP contribution is 2.25. The van der Waals surface area contributed by atoms with Crippen LogP contribution in [0.2, 0.25) is 5.02 Å². The van der Waals surface area contributed by atoms with Crippen LogP contribution in [-0.4, -0.2) is 16.2 Å². The highest BCUT2D eigenvalue weighted by molar-refractivity contribution is 6.30. The lowest BCUT2D eigenvalue weighted by atomic mass is 10.1. The Bertz CT molecular complexity index is 507. The van der Waals surface area contributed by atoms with E-state index in [1.165, 1.54) is 16.7 Å². The number of rotatable bonds is 3. The number of aromatic amines is 1. The zero-order valence-electron chi connectivity index (χ0n) is 9.41. The molecule has 0 fully saturated rings. The third-order valence-corrected chi connectivity index (χ3v) is 3.49. The van der Waals surface area contributed by atoms with E-state index in [0.29, 0.717) is 6.04 Å². The van der Waals surface area contributed by atoms with Crippen molar-refractivity contribution in [1.29, 1.82) is 0 Å². The van der Waals surface area contributed by atoms with Gasteiger partial charge in [-0.2, -0.15) is 5.10 Å². The van der Waals surface area contributed by atoms with Crippen LogP contribution in [0, 0.1) is 0 Å². The Morgan fingerprint density at radius 3 is 3.06 bits per heavy atom. The fraction of sp³-hybridized carbons (Fsp3) is 0.308. The number of hydrogen-bond donors (Lipinski definition) is 2. The van der Waals surface area contributed by atoms with Crippen LogP contribution < -0.4 is 5.32 Å². The van der Waals surface area contributed by atoms with Crippen molar-refractivity contribution in [3.63, 3.8) is 0 Å². The second kappa shape index (κ2) is 4.51. The van der Waals surface area contributed by atoms with Gasteiger partial charge in [0.1, 0.15) is 0 Å². The van der Waals surface area contributed by atoms with E-state index in [1.807, 2.05) is 18.5 Å². The molecule has 1 atom stereocenters. The minimum absolute atomic E-state index is 0.512. The van der Waals surface area contributed by atoms with Crippen LogP contribution in [0.4, 0.5) is 0 Å². The first-order valence-electron chi connectivity index (χ1n) is 5.79. The summed E-state index contributed by atoms with van der Waals surface area (Å²) in [7, 11) is 0. The summed E-state index contributed by atoms with van der Waals surface area (Å²) in [6, 6.07) is 6.70. The van der Waals surface area contributed by atoms with Crippen molar-refractivity contribution in [2.45, 2.75) is 25.4 Å². The van der Waals surface area contributed by atoms with Crippen LogP contribution >= 0.6 is 11.6 Å². The van der Waals surface area contributed by atoms with E-state index in [-0.39, 0.29) is 0 Å². The normalized spacial score (nSPS) is 18.3. The fourth-order valence-electron chi connectivity index (χ4n) is 2.37. The first-order chi connectivity index (χ1) is 8.31. The minimum Gasteiger partial charge on any atom is -0.309 e. The summed E-state index contributed by atoms with van der Waals surface area (Å²) >= 11 is 6.00. The number of nitrogens with one attached hydrogen (secondary N) is 2. The van der Waals surface area contributed by atoms with Crippen LogP contribution in [0.5, 0.6) is 0 Å². The van der Waals surface area contributed by atoms with E-state index in [4.69, 9.17) is 11.6 Å². The van der Waals surface area contributed by atoms with E-state index in [9.17, 15) is 0 Å². The summed E-state index contributed by atoms with van der Waals surface area (Å²) in [5.74, 6) is 0. The Labute approximate surface area is 105 Å². The number of fused-ring (bicyclic) bond motifs is 1. The summed E-state index contributed by atoms with van der Waals surface area (Å²) < 4.78 is 0.